The smallest absolute Gasteiger partial charge is 0.252 e. The first kappa shape index (κ1) is 16.7. The molecule has 2 aromatic rings. The largest absolute Gasteiger partial charge is 0.343 e. The fourth-order valence-electron chi connectivity index (χ4n) is 5.43. The third-order valence-electron chi connectivity index (χ3n) is 6.95. The summed E-state index contributed by atoms with van der Waals surface area (Å²) < 4.78 is 0. The van der Waals surface area contributed by atoms with Crippen LogP contribution >= 0.6 is 0 Å². The monoisotopic (exact) mass is 359 g/mol. The van der Waals surface area contributed by atoms with Gasteiger partial charge in [-0.2, -0.15) is 0 Å². The molecule has 3 heterocycles. The highest BCUT2D eigenvalue weighted by Crippen LogP contribution is 2.51. The van der Waals surface area contributed by atoms with Gasteiger partial charge in [-0.1, -0.05) is 42.5 Å². The number of nitrogens with one attached hydrogen (secondary N) is 1. The Morgan fingerprint density at radius 3 is 2.63 bits per heavy atom. The van der Waals surface area contributed by atoms with Crippen molar-refractivity contribution in [1.29, 1.82) is 0 Å². The van der Waals surface area contributed by atoms with E-state index in [4.69, 9.17) is 0 Å². The zero-order valence-corrected chi connectivity index (χ0v) is 15.7. The minimum Gasteiger partial charge on any atom is -0.343 e. The van der Waals surface area contributed by atoms with E-state index in [2.05, 4.69) is 46.5 Å². The molecule has 3 aliphatic heterocycles. The molecule has 1 unspecified atom stereocenters. The van der Waals surface area contributed by atoms with Gasteiger partial charge in [-0.05, 0) is 55.5 Å². The second-order valence-corrected chi connectivity index (χ2v) is 8.11. The number of amides is 1. The van der Waals surface area contributed by atoms with E-state index in [1.807, 2.05) is 30.5 Å². The molecule has 2 saturated heterocycles. The first-order chi connectivity index (χ1) is 13.2. The first-order valence-electron chi connectivity index (χ1n) is 9.89. The van der Waals surface area contributed by atoms with E-state index in [-0.39, 0.29) is 17.5 Å². The van der Waals surface area contributed by atoms with Crippen LogP contribution in [0.25, 0.3) is 0 Å². The van der Waals surface area contributed by atoms with Gasteiger partial charge in [-0.3, -0.25) is 14.7 Å². The van der Waals surface area contributed by atoms with Gasteiger partial charge >= 0.3 is 0 Å². The molecule has 2 bridgehead atoms. The molecule has 0 aliphatic carbocycles. The van der Waals surface area contributed by atoms with Crippen LogP contribution in [-0.4, -0.2) is 35.7 Å². The van der Waals surface area contributed by atoms with Crippen molar-refractivity contribution in [2.24, 2.45) is 4.99 Å². The Bertz CT molecular complexity index is 897. The molecule has 0 radical (unpaired) electrons. The van der Waals surface area contributed by atoms with E-state index >= 15 is 0 Å². The van der Waals surface area contributed by atoms with Crippen molar-refractivity contribution >= 4 is 12.1 Å². The summed E-state index contributed by atoms with van der Waals surface area (Å²) in [7, 11) is 2.24. The van der Waals surface area contributed by atoms with Gasteiger partial charge in [0.05, 0.1) is 12.6 Å². The second-order valence-electron chi connectivity index (χ2n) is 8.11. The lowest BCUT2D eigenvalue weighted by Gasteiger charge is -2.41. The highest BCUT2D eigenvalue weighted by atomic mass is 16.1. The van der Waals surface area contributed by atoms with Crippen LogP contribution in [0.4, 0.5) is 0 Å². The minimum atomic E-state index is 0.00174. The van der Waals surface area contributed by atoms with Gasteiger partial charge in [0.2, 0.25) is 0 Å². The summed E-state index contributed by atoms with van der Waals surface area (Å²) in [6, 6.07) is 17.0. The summed E-state index contributed by atoms with van der Waals surface area (Å²) >= 11 is 0. The van der Waals surface area contributed by atoms with Crippen LogP contribution in [0.15, 0.2) is 53.5 Å². The Hall–Kier alpha value is -2.46. The number of benzene rings is 2. The predicted molar refractivity (Wildman–Crippen MR) is 107 cm³/mol. The Labute approximate surface area is 160 Å². The van der Waals surface area contributed by atoms with E-state index in [1.165, 1.54) is 18.4 Å². The Morgan fingerprint density at radius 2 is 1.93 bits per heavy atom. The molecule has 1 N–H and O–H groups in total. The van der Waals surface area contributed by atoms with Crippen molar-refractivity contribution < 1.29 is 4.79 Å². The van der Waals surface area contributed by atoms with Crippen molar-refractivity contribution in [2.75, 3.05) is 7.05 Å². The molecule has 138 valence electrons. The van der Waals surface area contributed by atoms with Crippen LogP contribution in [0.5, 0.6) is 0 Å². The number of nitrogens with zero attached hydrogens (tertiary/aromatic N) is 2. The van der Waals surface area contributed by atoms with Crippen LogP contribution in [0, 0.1) is 0 Å². The van der Waals surface area contributed by atoms with Crippen molar-refractivity contribution in [3.63, 3.8) is 0 Å². The van der Waals surface area contributed by atoms with Gasteiger partial charge < -0.3 is 5.32 Å². The maximum atomic E-state index is 13.3. The molecular formula is C23H25N3O. The molecule has 4 nitrogen and oxygen atoms in total. The number of fused-ring (bicyclic) bond motifs is 3. The van der Waals surface area contributed by atoms with Gasteiger partial charge in [0.1, 0.15) is 0 Å². The van der Waals surface area contributed by atoms with Crippen molar-refractivity contribution in [2.45, 2.75) is 49.9 Å². The molecule has 1 amide bonds. The fraction of sp³-hybridized carbons (Fsp3) is 0.391. The minimum absolute atomic E-state index is 0.00174. The lowest BCUT2D eigenvalue weighted by molar-refractivity contribution is 0.0837. The maximum Gasteiger partial charge on any atom is 0.252 e. The molecule has 1 atom stereocenters. The Kier molecular flexibility index (Phi) is 3.90. The quantitative estimate of drug-likeness (QED) is 0.904. The van der Waals surface area contributed by atoms with Gasteiger partial charge in [0.15, 0.2) is 0 Å². The van der Waals surface area contributed by atoms with E-state index in [9.17, 15) is 4.79 Å². The second kappa shape index (κ2) is 6.31. The number of hydrogen-bond donors (Lipinski definition) is 1. The van der Waals surface area contributed by atoms with Crippen molar-refractivity contribution in [3.8, 4) is 0 Å². The van der Waals surface area contributed by atoms with Gasteiger partial charge in [-0.15, -0.1) is 0 Å². The number of likely N-dealkylation sites (N-methyl/N-ethyl adjacent to an activating group) is 1. The van der Waals surface area contributed by atoms with Crippen LogP contribution in [0.1, 0.15) is 58.8 Å². The number of carbonyl (C=O) groups is 1. The normalized spacial score (nSPS) is 26.9. The Morgan fingerprint density at radius 1 is 1.15 bits per heavy atom. The SMILES string of the molecule is CN1C2CCC1(C(NC(=O)c1cccc3c1CN=C3)c1ccccc1)CC2. The topological polar surface area (TPSA) is 44.7 Å². The van der Waals surface area contributed by atoms with Crippen LogP contribution in [-0.2, 0) is 6.54 Å². The molecule has 0 aromatic heterocycles. The average Bonchev–Trinajstić information content (AvgIpc) is 3.40. The van der Waals surface area contributed by atoms with E-state index in [1.54, 1.807) is 0 Å². The van der Waals surface area contributed by atoms with E-state index in [0.717, 1.165) is 29.5 Å². The van der Waals surface area contributed by atoms with E-state index < -0.39 is 0 Å². The number of carbonyl (C=O) groups excluding carboxylic acids is 1. The predicted octanol–water partition coefficient (Wildman–Crippen LogP) is 3.72. The molecule has 0 spiro atoms. The zero-order chi connectivity index (χ0) is 18.4. The lowest BCUT2D eigenvalue weighted by Crippen LogP contribution is -2.51. The summed E-state index contributed by atoms with van der Waals surface area (Å²) in [4.78, 5) is 20.2. The highest BCUT2D eigenvalue weighted by molar-refractivity contribution is 5.99. The average molecular weight is 359 g/mol. The maximum absolute atomic E-state index is 13.3. The molecular weight excluding hydrogens is 334 g/mol. The summed E-state index contributed by atoms with van der Waals surface area (Å²) in [6.07, 6.45) is 6.61. The summed E-state index contributed by atoms with van der Waals surface area (Å²) in [5, 5.41) is 3.43. The molecule has 2 aromatic carbocycles. The van der Waals surface area contributed by atoms with Gasteiger partial charge in [0, 0.05) is 23.4 Å². The molecule has 4 heteroatoms. The molecule has 5 rings (SSSR count). The number of hydrogen-bond acceptors (Lipinski definition) is 3. The number of aliphatic imine (C=N–C) groups is 1. The highest BCUT2D eigenvalue weighted by Gasteiger charge is 2.54. The summed E-state index contributed by atoms with van der Waals surface area (Å²) in [6.45, 7) is 0.599. The third kappa shape index (κ3) is 2.54. The molecule has 3 aliphatic rings. The third-order valence-corrected chi connectivity index (χ3v) is 6.95. The lowest BCUT2D eigenvalue weighted by atomic mass is 9.78. The summed E-state index contributed by atoms with van der Waals surface area (Å²) in [5.41, 5.74) is 4.09. The van der Waals surface area contributed by atoms with Gasteiger partial charge in [0.25, 0.3) is 5.91 Å². The number of rotatable bonds is 4. The van der Waals surface area contributed by atoms with Crippen molar-refractivity contribution in [1.82, 2.24) is 10.2 Å². The zero-order valence-electron chi connectivity index (χ0n) is 15.7. The standard InChI is InChI=1S/C23H25N3O/c1-26-18-10-12-23(26,13-11-18)21(16-6-3-2-4-7-16)25-22(27)19-9-5-8-17-14-24-15-20(17)19/h2-9,14,18,21H,10-13,15H2,1H3,(H,25,27). The summed E-state index contributed by atoms with van der Waals surface area (Å²) in [5.74, 6) is 0.0179. The molecule has 27 heavy (non-hydrogen) atoms. The molecule has 0 saturated carbocycles. The fourth-order valence-corrected chi connectivity index (χ4v) is 5.43. The van der Waals surface area contributed by atoms with Crippen LogP contribution in [0.2, 0.25) is 0 Å². The van der Waals surface area contributed by atoms with Crippen molar-refractivity contribution in [3.05, 3.63) is 70.8 Å². The van der Waals surface area contributed by atoms with Crippen LogP contribution in [0.3, 0.4) is 0 Å². The van der Waals surface area contributed by atoms with Crippen LogP contribution < -0.4 is 5.32 Å². The Balaban J connectivity index is 1.51. The van der Waals surface area contributed by atoms with E-state index in [0.29, 0.717) is 12.6 Å². The molecule has 2 fully saturated rings. The van der Waals surface area contributed by atoms with Gasteiger partial charge in [-0.25, -0.2) is 0 Å². The first-order valence-corrected chi connectivity index (χ1v) is 9.89.